The van der Waals surface area contributed by atoms with E-state index in [1.54, 1.807) is 0 Å². The van der Waals surface area contributed by atoms with Crippen molar-refractivity contribution in [3.8, 4) is 0 Å². The first-order chi connectivity index (χ1) is 11.0. The van der Waals surface area contributed by atoms with Gasteiger partial charge in [-0.3, -0.25) is 14.5 Å². The minimum Gasteiger partial charge on any atom is -0.374 e. The Morgan fingerprint density at radius 1 is 1.17 bits per heavy atom. The molecule has 0 spiro atoms. The molecule has 23 heavy (non-hydrogen) atoms. The number of para-hydroxylation sites is 2. The Morgan fingerprint density at radius 2 is 1.96 bits per heavy atom. The molecule has 0 saturated heterocycles. The van der Waals surface area contributed by atoms with E-state index in [1.165, 1.54) is 10.5 Å². The van der Waals surface area contributed by atoms with E-state index < -0.39 is 0 Å². The van der Waals surface area contributed by atoms with Crippen LogP contribution in [0.25, 0.3) is 0 Å². The van der Waals surface area contributed by atoms with E-state index in [4.69, 9.17) is 0 Å². The maximum atomic E-state index is 12.3. The van der Waals surface area contributed by atoms with E-state index in [0.717, 1.165) is 22.6 Å². The van der Waals surface area contributed by atoms with E-state index in [2.05, 4.69) is 10.6 Å². The molecule has 1 aliphatic rings. The second-order valence-corrected chi connectivity index (χ2v) is 5.70. The number of benzene rings is 2. The first kappa shape index (κ1) is 15.1. The number of nitrogens with zero attached hydrogens (tertiary/aromatic N) is 1. The third-order valence-corrected chi connectivity index (χ3v) is 4.02. The van der Waals surface area contributed by atoms with E-state index >= 15 is 0 Å². The van der Waals surface area contributed by atoms with Gasteiger partial charge < -0.3 is 10.6 Å². The molecule has 118 valence electrons. The van der Waals surface area contributed by atoms with Gasteiger partial charge in [-0.15, -0.1) is 0 Å². The van der Waals surface area contributed by atoms with Gasteiger partial charge in [0.05, 0.1) is 17.9 Å². The summed E-state index contributed by atoms with van der Waals surface area (Å²) in [6, 6.07) is 13.3. The molecule has 2 aromatic carbocycles. The highest BCUT2D eigenvalue weighted by Crippen LogP contribution is 2.28. The molecule has 2 N–H and O–H groups in total. The van der Waals surface area contributed by atoms with Crippen LogP contribution in [0.3, 0.4) is 0 Å². The second kappa shape index (κ2) is 6.12. The SMILES string of the molecule is Cc1ccc(NC(=O)CN2C(=O)CNc3ccccc32)cc1C. The molecular formula is C18H19N3O2. The van der Waals surface area contributed by atoms with Crippen LogP contribution in [0.1, 0.15) is 11.1 Å². The van der Waals surface area contributed by atoms with Crippen LogP contribution in [-0.2, 0) is 9.59 Å². The largest absolute Gasteiger partial charge is 0.374 e. The quantitative estimate of drug-likeness (QED) is 0.916. The molecule has 0 aliphatic carbocycles. The maximum absolute atomic E-state index is 12.3. The molecular weight excluding hydrogens is 290 g/mol. The fourth-order valence-electron chi connectivity index (χ4n) is 2.60. The zero-order chi connectivity index (χ0) is 16.4. The van der Waals surface area contributed by atoms with Crippen LogP contribution in [0.5, 0.6) is 0 Å². The van der Waals surface area contributed by atoms with E-state index in [9.17, 15) is 9.59 Å². The third kappa shape index (κ3) is 3.18. The van der Waals surface area contributed by atoms with Crippen molar-refractivity contribution in [2.45, 2.75) is 13.8 Å². The van der Waals surface area contributed by atoms with Gasteiger partial charge >= 0.3 is 0 Å². The van der Waals surface area contributed by atoms with Gasteiger partial charge in [-0.1, -0.05) is 18.2 Å². The predicted molar refractivity (Wildman–Crippen MR) is 91.8 cm³/mol. The minimum absolute atomic E-state index is 0.00442. The molecule has 0 unspecified atom stereocenters. The predicted octanol–water partition coefficient (Wildman–Crippen LogP) is 2.70. The standard InChI is InChI=1S/C18H19N3O2/c1-12-7-8-14(9-13(12)2)20-17(22)11-21-16-6-4-3-5-15(16)19-10-18(21)23/h3-9,19H,10-11H2,1-2H3,(H,20,22). The van der Waals surface area contributed by atoms with Gasteiger partial charge in [0, 0.05) is 5.69 Å². The first-order valence-electron chi connectivity index (χ1n) is 7.55. The summed E-state index contributed by atoms with van der Waals surface area (Å²) in [6.45, 7) is 4.23. The number of anilines is 3. The lowest BCUT2D eigenvalue weighted by Gasteiger charge is -2.29. The number of nitrogens with one attached hydrogen (secondary N) is 2. The van der Waals surface area contributed by atoms with Gasteiger partial charge in [0.25, 0.3) is 0 Å². The zero-order valence-electron chi connectivity index (χ0n) is 13.2. The lowest BCUT2D eigenvalue weighted by Crippen LogP contribution is -2.44. The molecule has 0 saturated carbocycles. The average Bonchev–Trinajstić information content (AvgIpc) is 2.54. The van der Waals surface area contributed by atoms with Crippen LogP contribution < -0.4 is 15.5 Å². The minimum atomic E-state index is -0.210. The Morgan fingerprint density at radius 3 is 2.74 bits per heavy atom. The van der Waals surface area contributed by atoms with Gasteiger partial charge in [0.15, 0.2) is 0 Å². The summed E-state index contributed by atoms with van der Waals surface area (Å²) in [6.07, 6.45) is 0. The monoisotopic (exact) mass is 309 g/mol. The Balaban J connectivity index is 1.75. The topological polar surface area (TPSA) is 61.4 Å². The Hall–Kier alpha value is -2.82. The van der Waals surface area contributed by atoms with Crippen LogP contribution in [-0.4, -0.2) is 24.9 Å². The molecule has 0 fully saturated rings. The number of aryl methyl sites for hydroxylation is 2. The average molecular weight is 309 g/mol. The molecule has 0 bridgehead atoms. The summed E-state index contributed by atoms with van der Waals surface area (Å²) in [5, 5.41) is 5.91. The van der Waals surface area contributed by atoms with Gasteiger partial charge in [0.2, 0.25) is 11.8 Å². The van der Waals surface area contributed by atoms with Crippen molar-refractivity contribution in [3.05, 3.63) is 53.6 Å². The molecule has 2 aromatic rings. The third-order valence-electron chi connectivity index (χ3n) is 4.02. The molecule has 2 amide bonds. The van der Waals surface area contributed by atoms with Crippen molar-refractivity contribution >= 4 is 28.9 Å². The highest BCUT2D eigenvalue weighted by molar-refractivity contribution is 6.07. The maximum Gasteiger partial charge on any atom is 0.246 e. The summed E-state index contributed by atoms with van der Waals surface area (Å²) >= 11 is 0. The summed E-state index contributed by atoms with van der Waals surface area (Å²) in [7, 11) is 0. The zero-order valence-corrected chi connectivity index (χ0v) is 13.2. The summed E-state index contributed by atoms with van der Waals surface area (Å²) in [5.41, 5.74) is 4.64. The van der Waals surface area contributed by atoms with Crippen molar-refractivity contribution in [1.82, 2.24) is 0 Å². The smallest absolute Gasteiger partial charge is 0.246 e. The Bertz CT molecular complexity index is 771. The van der Waals surface area contributed by atoms with E-state index in [0.29, 0.717) is 0 Å². The van der Waals surface area contributed by atoms with Gasteiger partial charge in [-0.05, 0) is 49.2 Å². The van der Waals surface area contributed by atoms with Crippen LogP contribution >= 0.6 is 0 Å². The molecule has 1 aliphatic heterocycles. The van der Waals surface area contributed by atoms with Crippen molar-refractivity contribution < 1.29 is 9.59 Å². The summed E-state index contributed by atoms with van der Waals surface area (Å²) in [5.74, 6) is -0.322. The normalized spacial score (nSPS) is 13.3. The highest BCUT2D eigenvalue weighted by Gasteiger charge is 2.25. The fourth-order valence-corrected chi connectivity index (χ4v) is 2.60. The lowest BCUT2D eigenvalue weighted by molar-refractivity contribution is -0.120. The van der Waals surface area contributed by atoms with Crippen LogP contribution in [0.4, 0.5) is 17.1 Å². The number of carbonyl (C=O) groups is 2. The molecule has 1 heterocycles. The van der Waals surface area contributed by atoms with Crippen molar-refractivity contribution in [2.24, 2.45) is 0 Å². The van der Waals surface area contributed by atoms with Crippen molar-refractivity contribution in [2.75, 3.05) is 28.6 Å². The van der Waals surface area contributed by atoms with Crippen LogP contribution in [0.15, 0.2) is 42.5 Å². The van der Waals surface area contributed by atoms with Gasteiger partial charge in [0.1, 0.15) is 6.54 Å². The molecule has 5 heteroatoms. The number of hydrogen-bond acceptors (Lipinski definition) is 3. The summed E-state index contributed by atoms with van der Waals surface area (Å²) < 4.78 is 0. The number of hydrogen-bond donors (Lipinski definition) is 2. The van der Waals surface area contributed by atoms with Gasteiger partial charge in [-0.2, -0.15) is 0 Å². The Kier molecular flexibility index (Phi) is 4.02. The molecule has 5 nitrogen and oxygen atoms in total. The van der Waals surface area contributed by atoms with E-state index in [-0.39, 0.29) is 24.9 Å². The molecule has 0 radical (unpaired) electrons. The fraction of sp³-hybridized carbons (Fsp3) is 0.222. The first-order valence-corrected chi connectivity index (χ1v) is 7.55. The number of amides is 2. The Labute approximate surface area is 135 Å². The van der Waals surface area contributed by atoms with Crippen LogP contribution in [0.2, 0.25) is 0 Å². The molecule has 3 rings (SSSR count). The van der Waals surface area contributed by atoms with Crippen LogP contribution in [0, 0.1) is 13.8 Å². The summed E-state index contributed by atoms with van der Waals surface area (Å²) in [4.78, 5) is 26.0. The number of fused-ring (bicyclic) bond motifs is 1. The van der Waals surface area contributed by atoms with E-state index in [1.807, 2.05) is 56.3 Å². The van der Waals surface area contributed by atoms with Crippen molar-refractivity contribution in [1.29, 1.82) is 0 Å². The lowest BCUT2D eigenvalue weighted by atomic mass is 10.1. The highest BCUT2D eigenvalue weighted by atomic mass is 16.2. The van der Waals surface area contributed by atoms with Crippen molar-refractivity contribution in [3.63, 3.8) is 0 Å². The molecule has 0 aromatic heterocycles. The van der Waals surface area contributed by atoms with Gasteiger partial charge in [-0.25, -0.2) is 0 Å². The number of carbonyl (C=O) groups excluding carboxylic acids is 2. The number of rotatable bonds is 3. The second-order valence-electron chi connectivity index (χ2n) is 5.70. The molecule has 0 atom stereocenters.